The average Bonchev–Trinajstić information content (AvgIpc) is 2.32. The molecule has 0 spiro atoms. The zero-order valence-electron chi connectivity index (χ0n) is 11.7. The molecule has 1 fully saturated rings. The van der Waals surface area contributed by atoms with Crippen LogP contribution in [0, 0.1) is 0 Å². The smallest absolute Gasteiger partial charge is 0.0597 e. The highest BCUT2D eigenvalue weighted by atomic mass is 16.5. The summed E-state index contributed by atoms with van der Waals surface area (Å²) in [7, 11) is 0. The molecule has 0 unspecified atom stereocenters. The van der Waals surface area contributed by atoms with E-state index in [-0.39, 0.29) is 0 Å². The van der Waals surface area contributed by atoms with Gasteiger partial charge in [0.1, 0.15) is 0 Å². The van der Waals surface area contributed by atoms with E-state index in [0.29, 0.717) is 12.1 Å². The van der Waals surface area contributed by atoms with Crippen molar-refractivity contribution < 1.29 is 4.74 Å². The highest BCUT2D eigenvalue weighted by Gasteiger charge is 2.18. The highest BCUT2D eigenvalue weighted by Crippen LogP contribution is 2.19. The van der Waals surface area contributed by atoms with Gasteiger partial charge in [-0.2, -0.15) is 0 Å². The predicted octanol–water partition coefficient (Wildman–Crippen LogP) is 2.39. The van der Waals surface area contributed by atoms with Crippen molar-refractivity contribution in [1.82, 2.24) is 4.90 Å². The quantitative estimate of drug-likeness (QED) is 0.710. The third kappa shape index (κ3) is 6.39. The highest BCUT2D eigenvalue weighted by molar-refractivity contribution is 4.74. The minimum atomic E-state index is 0.423. The summed E-state index contributed by atoms with van der Waals surface area (Å²) in [6.45, 7) is 8.86. The van der Waals surface area contributed by atoms with Crippen molar-refractivity contribution in [2.24, 2.45) is 5.73 Å². The first-order valence-corrected chi connectivity index (χ1v) is 7.35. The van der Waals surface area contributed by atoms with Crippen molar-refractivity contribution in [3.8, 4) is 0 Å². The molecule has 1 saturated carbocycles. The minimum absolute atomic E-state index is 0.423. The summed E-state index contributed by atoms with van der Waals surface area (Å²) in [5.74, 6) is 0. The van der Waals surface area contributed by atoms with Crippen LogP contribution in [0.1, 0.15) is 52.4 Å². The lowest BCUT2D eigenvalue weighted by molar-refractivity contribution is 0.0134. The molecule has 0 aliphatic heterocycles. The Bertz CT molecular complexity index is 173. The van der Waals surface area contributed by atoms with Gasteiger partial charge >= 0.3 is 0 Å². The molecule has 1 aliphatic carbocycles. The number of hydrogen-bond donors (Lipinski definition) is 1. The molecular formula is C14H30N2O. The molecule has 0 aromatic heterocycles. The molecular weight excluding hydrogens is 212 g/mol. The monoisotopic (exact) mass is 242 g/mol. The molecule has 1 aliphatic rings. The molecule has 0 radical (unpaired) electrons. The van der Waals surface area contributed by atoms with Crippen LogP contribution >= 0.6 is 0 Å². The summed E-state index contributed by atoms with van der Waals surface area (Å²) in [4.78, 5) is 2.51. The van der Waals surface area contributed by atoms with Crippen LogP contribution in [0.5, 0.6) is 0 Å². The maximum absolute atomic E-state index is 5.96. The van der Waals surface area contributed by atoms with Crippen LogP contribution in [-0.2, 0) is 4.74 Å². The van der Waals surface area contributed by atoms with E-state index in [2.05, 4.69) is 18.7 Å². The fourth-order valence-corrected chi connectivity index (χ4v) is 2.57. The van der Waals surface area contributed by atoms with Gasteiger partial charge in [0.25, 0.3) is 0 Å². The van der Waals surface area contributed by atoms with Gasteiger partial charge in [-0.15, -0.1) is 0 Å². The largest absolute Gasteiger partial charge is 0.377 e. The first kappa shape index (κ1) is 14.9. The fourth-order valence-electron chi connectivity index (χ4n) is 2.57. The van der Waals surface area contributed by atoms with Gasteiger partial charge in [0, 0.05) is 12.6 Å². The Balaban J connectivity index is 2.08. The topological polar surface area (TPSA) is 38.5 Å². The van der Waals surface area contributed by atoms with Crippen molar-refractivity contribution in [2.45, 2.75) is 64.5 Å². The summed E-state index contributed by atoms with van der Waals surface area (Å²) < 4.78 is 5.96. The first-order chi connectivity index (χ1) is 8.26. The molecule has 3 nitrogen and oxygen atoms in total. The van der Waals surface area contributed by atoms with E-state index in [9.17, 15) is 0 Å². The Morgan fingerprint density at radius 1 is 1.00 bits per heavy atom. The molecule has 0 heterocycles. The van der Waals surface area contributed by atoms with Gasteiger partial charge in [0.15, 0.2) is 0 Å². The maximum Gasteiger partial charge on any atom is 0.0597 e. The van der Waals surface area contributed by atoms with E-state index >= 15 is 0 Å². The van der Waals surface area contributed by atoms with Gasteiger partial charge in [-0.05, 0) is 51.6 Å². The molecule has 0 amide bonds. The summed E-state index contributed by atoms with van der Waals surface area (Å²) >= 11 is 0. The first-order valence-electron chi connectivity index (χ1n) is 7.35. The number of rotatable bonds is 8. The second-order valence-electron chi connectivity index (χ2n) is 5.25. The van der Waals surface area contributed by atoms with Gasteiger partial charge in [-0.1, -0.05) is 13.8 Å². The van der Waals surface area contributed by atoms with E-state index in [0.717, 1.165) is 38.8 Å². The average molecular weight is 242 g/mol. The molecule has 0 aromatic carbocycles. The van der Waals surface area contributed by atoms with Crippen molar-refractivity contribution in [2.75, 3.05) is 26.2 Å². The third-order valence-corrected chi connectivity index (χ3v) is 3.56. The Hall–Kier alpha value is -0.120. The number of ether oxygens (including phenoxy) is 1. The summed E-state index contributed by atoms with van der Waals surface area (Å²) in [5.41, 5.74) is 5.89. The van der Waals surface area contributed by atoms with Crippen molar-refractivity contribution in [3.05, 3.63) is 0 Å². The second kappa shape index (κ2) is 8.90. The van der Waals surface area contributed by atoms with E-state index in [1.54, 1.807) is 0 Å². The predicted molar refractivity (Wildman–Crippen MR) is 73.2 cm³/mol. The van der Waals surface area contributed by atoms with Gasteiger partial charge in [-0.3, -0.25) is 0 Å². The lowest BCUT2D eigenvalue weighted by Gasteiger charge is -2.27. The van der Waals surface area contributed by atoms with E-state index in [1.165, 1.54) is 25.9 Å². The zero-order chi connectivity index (χ0) is 12.5. The standard InChI is InChI=1S/C14H30N2O/c1-3-9-16(10-4-2)11-12-17-14-7-5-13(15)6-8-14/h13-14H,3-12,15H2,1-2H3. The van der Waals surface area contributed by atoms with Crippen molar-refractivity contribution in [3.63, 3.8) is 0 Å². The molecule has 3 heteroatoms. The van der Waals surface area contributed by atoms with Crippen LogP contribution in [-0.4, -0.2) is 43.3 Å². The molecule has 102 valence electrons. The van der Waals surface area contributed by atoms with Crippen LogP contribution in [0.4, 0.5) is 0 Å². The summed E-state index contributed by atoms with van der Waals surface area (Å²) in [6.07, 6.45) is 7.53. The Labute approximate surface area is 107 Å². The van der Waals surface area contributed by atoms with Gasteiger partial charge in [0.2, 0.25) is 0 Å². The van der Waals surface area contributed by atoms with E-state index in [4.69, 9.17) is 10.5 Å². The van der Waals surface area contributed by atoms with Crippen LogP contribution in [0.25, 0.3) is 0 Å². The summed E-state index contributed by atoms with van der Waals surface area (Å²) in [6, 6.07) is 0.423. The Morgan fingerprint density at radius 3 is 2.12 bits per heavy atom. The lowest BCUT2D eigenvalue weighted by Crippen LogP contribution is -2.33. The van der Waals surface area contributed by atoms with Crippen LogP contribution in [0.2, 0.25) is 0 Å². The molecule has 0 atom stereocenters. The second-order valence-corrected chi connectivity index (χ2v) is 5.25. The summed E-state index contributed by atoms with van der Waals surface area (Å²) in [5, 5.41) is 0. The molecule has 17 heavy (non-hydrogen) atoms. The van der Waals surface area contributed by atoms with E-state index in [1.807, 2.05) is 0 Å². The molecule has 2 N–H and O–H groups in total. The Morgan fingerprint density at radius 2 is 1.59 bits per heavy atom. The lowest BCUT2D eigenvalue weighted by atomic mass is 9.94. The molecule has 0 bridgehead atoms. The Kier molecular flexibility index (Phi) is 7.82. The van der Waals surface area contributed by atoms with Crippen LogP contribution < -0.4 is 5.73 Å². The number of nitrogens with zero attached hydrogens (tertiary/aromatic N) is 1. The van der Waals surface area contributed by atoms with Gasteiger partial charge in [-0.25, -0.2) is 0 Å². The number of nitrogens with two attached hydrogens (primary N) is 1. The molecule has 0 saturated heterocycles. The van der Waals surface area contributed by atoms with Gasteiger partial charge in [0.05, 0.1) is 12.7 Å². The van der Waals surface area contributed by atoms with Gasteiger partial charge < -0.3 is 15.4 Å². The van der Waals surface area contributed by atoms with Crippen molar-refractivity contribution >= 4 is 0 Å². The van der Waals surface area contributed by atoms with Crippen molar-refractivity contribution in [1.29, 1.82) is 0 Å². The fraction of sp³-hybridized carbons (Fsp3) is 1.00. The zero-order valence-corrected chi connectivity index (χ0v) is 11.7. The van der Waals surface area contributed by atoms with E-state index < -0.39 is 0 Å². The molecule has 0 aromatic rings. The minimum Gasteiger partial charge on any atom is -0.377 e. The third-order valence-electron chi connectivity index (χ3n) is 3.56. The normalized spacial score (nSPS) is 25.4. The maximum atomic E-state index is 5.96. The SMILES string of the molecule is CCCN(CCC)CCOC1CCC(N)CC1. The molecule has 1 rings (SSSR count). The van der Waals surface area contributed by atoms with Crippen LogP contribution in [0.15, 0.2) is 0 Å². The number of hydrogen-bond acceptors (Lipinski definition) is 3. The van der Waals surface area contributed by atoms with Crippen LogP contribution in [0.3, 0.4) is 0 Å².